The van der Waals surface area contributed by atoms with Crippen LogP contribution in [-0.2, 0) is 0 Å². The highest BCUT2D eigenvalue weighted by Gasteiger charge is 2.24. The smallest absolute Gasteiger partial charge is 0.186 e. The SMILES string of the molecule is Cc1ncnc(NC(C)(C)C(C)N)c1F. The maximum Gasteiger partial charge on any atom is 0.186 e. The number of anilines is 1. The third-order valence-electron chi connectivity index (χ3n) is 2.54. The average molecular weight is 212 g/mol. The van der Waals surface area contributed by atoms with Gasteiger partial charge in [-0.2, -0.15) is 0 Å². The fraction of sp³-hybridized carbons (Fsp3) is 0.600. The first-order valence-corrected chi connectivity index (χ1v) is 4.85. The fourth-order valence-electron chi connectivity index (χ4n) is 0.964. The third kappa shape index (κ3) is 2.62. The molecule has 84 valence electrons. The molecule has 0 aliphatic carbocycles. The lowest BCUT2D eigenvalue weighted by Crippen LogP contribution is -2.47. The van der Waals surface area contributed by atoms with Crippen molar-refractivity contribution < 1.29 is 4.39 Å². The molecule has 4 nitrogen and oxygen atoms in total. The van der Waals surface area contributed by atoms with E-state index in [0.717, 1.165) is 0 Å². The van der Waals surface area contributed by atoms with Gasteiger partial charge in [-0.05, 0) is 27.7 Å². The predicted octanol–water partition coefficient (Wildman–Crippen LogP) is 1.46. The molecule has 0 radical (unpaired) electrons. The summed E-state index contributed by atoms with van der Waals surface area (Å²) in [4.78, 5) is 7.61. The molecule has 0 aliphatic rings. The molecule has 0 saturated carbocycles. The number of hydrogen-bond acceptors (Lipinski definition) is 4. The second kappa shape index (κ2) is 4.10. The molecule has 1 unspecified atom stereocenters. The van der Waals surface area contributed by atoms with E-state index in [-0.39, 0.29) is 11.9 Å². The van der Waals surface area contributed by atoms with Crippen LogP contribution in [0.1, 0.15) is 26.5 Å². The fourth-order valence-corrected chi connectivity index (χ4v) is 0.964. The van der Waals surface area contributed by atoms with Crippen LogP contribution in [0.25, 0.3) is 0 Å². The van der Waals surface area contributed by atoms with Crippen molar-refractivity contribution in [1.29, 1.82) is 0 Å². The van der Waals surface area contributed by atoms with Gasteiger partial charge in [0.05, 0.1) is 5.69 Å². The van der Waals surface area contributed by atoms with E-state index in [1.165, 1.54) is 6.33 Å². The summed E-state index contributed by atoms with van der Waals surface area (Å²) >= 11 is 0. The Balaban J connectivity index is 2.95. The zero-order valence-electron chi connectivity index (χ0n) is 9.50. The predicted molar refractivity (Wildman–Crippen MR) is 58.1 cm³/mol. The molecule has 5 heteroatoms. The zero-order valence-corrected chi connectivity index (χ0v) is 9.50. The topological polar surface area (TPSA) is 63.8 Å². The summed E-state index contributed by atoms with van der Waals surface area (Å²) < 4.78 is 13.6. The van der Waals surface area contributed by atoms with Crippen LogP contribution in [0.2, 0.25) is 0 Å². The maximum atomic E-state index is 13.6. The van der Waals surface area contributed by atoms with Crippen LogP contribution in [0.15, 0.2) is 6.33 Å². The van der Waals surface area contributed by atoms with Gasteiger partial charge in [-0.15, -0.1) is 0 Å². The number of halogens is 1. The number of rotatable bonds is 3. The zero-order chi connectivity index (χ0) is 11.6. The van der Waals surface area contributed by atoms with Gasteiger partial charge >= 0.3 is 0 Å². The highest BCUT2D eigenvalue weighted by atomic mass is 19.1. The molecule has 1 aromatic heterocycles. The Kier molecular flexibility index (Phi) is 3.24. The quantitative estimate of drug-likeness (QED) is 0.796. The van der Waals surface area contributed by atoms with Crippen LogP contribution >= 0.6 is 0 Å². The molecular weight excluding hydrogens is 195 g/mol. The molecule has 1 aromatic rings. The molecule has 0 fully saturated rings. The molecule has 1 heterocycles. The molecule has 0 saturated heterocycles. The van der Waals surface area contributed by atoms with E-state index < -0.39 is 11.4 Å². The molecule has 0 aromatic carbocycles. The van der Waals surface area contributed by atoms with Gasteiger partial charge in [0.1, 0.15) is 6.33 Å². The van der Waals surface area contributed by atoms with Crippen molar-refractivity contribution in [1.82, 2.24) is 9.97 Å². The Morgan fingerprint density at radius 1 is 1.47 bits per heavy atom. The number of nitrogens with zero attached hydrogens (tertiary/aromatic N) is 2. The van der Waals surface area contributed by atoms with Gasteiger partial charge in [-0.1, -0.05) is 0 Å². The van der Waals surface area contributed by atoms with Crippen LogP contribution in [0.3, 0.4) is 0 Å². The summed E-state index contributed by atoms with van der Waals surface area (Å²) in [7, 11) is 0. The van der Waals surface area contributed by atoms with Gasteiger partial charge in [0, 0.05) is 11.6 Å². The van der Waals surface area contributed by atoms with Gasteiger partial charge in [-0.3, -0.25) is 0 Å². The molecule has 0 aliphatic heterocycles. The van der Waals surface area contributed by atoms with E-state index in [0.29, 0.717) is 5.69 Å². The second-order valence-electron chi connectivity index (χ2n) is 4.26. The molecule has 0 spiro atoms. The summed E-state index contributed by atoms with van der Waals surface area (Å²) in [5.41, 5.74) is 5.69. The van der Waals surface area contributed by atoms with Crippen LogP contribution in [0.5, 0.6) is 0 Å². The van der Waals surface area contributed by atoms with Crippen molar-refractivity contribution in [3.8, 4) is 0 Å². The van der Waals surface area contributed by atoms with Crippen molar-refractivity contribution in [2.75, 3.05) is 5.32 Å². The first kappa shape index (κ1) is 11.8. The molecule has 15 heavy (non-hydrogen) atoms. The van der Waals surface area contributed by atoms with Crippen molar-refractivity contribution >= 4 is 5.82 Å². The Hall–Kier alpha value is -1.23. The highest BCUT2D eigenvalue weighted by molar-refractivity contribution is 5.40. The Labute approximate surface area is 89.1 Å². The summed E-state index contributed by atoms with van der Waals surface area (Å²) in [6.45, 7) is 7.25. The molecule has 1 rings (SSSR count). The normalized spacial score (nSPS) is 13.7. The number of hydrogen-bond donors (Lipinski definition) is 2. The van der Waals surface area contributed by atoms with E-state index >= 15 is 0 Å². The van der Waals surface area contributed by atoms with E-state index in [9.17, 15) is 4.39 Å². The first-order chi connectivity index (χ1) is 6.84. The van der Waals surface area contributed by atoms with E-state index in [1.54, 1.807) is 6.92 Å². The summed E-state index contributed by atoms with van der Waals surface area (Å²) in [5.74, 6) is -0.226. The van der Waals surface area contributed by atoms with Gasteiger partial charge in [0.2, 0.25) is 0 Å². The minimum atomic E-state index is -0.425. The van der Waals surface area contributed by atoms with Gasteiger partial charge in [-0.25, -0.2) is 14.4 Å². The maximum absolute atomic E-state index is 13.6. The number of nitrogens with two attached hydrogens (primary N) is 1. The van der Waals surface area contributed by atoms with E-state index in [1.807, 2.05) is 20.8 Å². The Bertz CT molecular complexity index is 349. The van der Waals surface area contributed by atoms with E-state index in [4.69, 9.17) is 5.73 Å². The minimum absolute atomic E-state index is 0.118. The van der Waals surface area contributed by atoms with Crippen molar-refractivity contribution in [3.05, 3.63) is 17.8 Å². The lowest BCUT2D eigenvalue weighted by molar-refractivity contribution is 0.463. The van der Waals surface area contributed by atoms with Crippen LogP contribution in [0, 0.1) is 12.7 Å². The van der Waals surface area contributed by atoms with E-state index in [2.05, 4.69) is 15.3 Å². The van der Waals surface area contributed by atoms with Crippen LogP contribution in [0.4, 0.5) is 10.2 Å². The molecule has 0 bridgehead atoms. The first-order valence-electron chi connectivity index (χ1n) is 4.85. The number of aromatic nitrogens is 2. The van der Waals surface area contributed by atoms with Crippen LogP contribution < -0.4 is 11.1 Å². The summed E-state index contributed by atoms with van der Waals surface area (Å²) in [6, 6.07) is -0.118. The summed E-state index contributed by atoms with van der Waals surface area (Å²) in [5, 5.41) is 2.98. The monoisotopic (exact) mass is 212 g/mol. The molecule has 1 atom stereocenters. The van der Waals surface area contributed by atoms with Gasteiger partial charge in [0.25, 0.3) is 0 Å². The lowest BCUT2D eigenvalue weighted by atomic mass is 9.97. The van der Waals surface area contributed by atoms with Gasteiger partial charge < -0.3 is 11.1 Å². The third-order valence-corrected chi connectivity index (χ3v) is 2.54. The van der Waals surface area contributed by atoms with Crippen molar-refractivity contribution in [3.63, 3.8) is 0 Å². The number of nitrogens with one attached hydrogen (secondary N) is 1. The van der Waals surface area contributed by atoms with Gasteiger partial charge in [0.15, 0.2) is 11.6 Å². The summed E-state index contributed by atoms with van der Waals surface area (Å²) in [6.07, 6.45) is 1.33. The second-order valence-corrected chi connectivity index (χ2v) is 4.26. The van der Waals surface area contributed by atoms with Crippen LogP contribution in [-0.4, -0.2) is 21.5 Å². The molecular formula is C10H17FN4. The molecule has 0 amide bonds. The van der Waals surface area contributed by atoms with Crippen molar-refractivity contribution in [2.45, 2.75) is 39.3 Å². The largest absolute Gasteiger partial charge is 0.361 e. The lowest BCUT2D eigenvalue weighted by Gasteiger charge is -2.30. The Morgan fingerprint density at radius 3 is 2.60 bits per heavy atom. The number of aryl methyl sites for hydroxylation is 1. The van der Waals surface area contributed by atoms with Crippen molar-refractivity contribution in [2.24, 2.45) is 5.73 Å². The molecule has 3 N–H and O–H groups in total. The standard InChI is InChI=1S/C10H17FN4/c1-6-8(11)9(14-5-13-6)15-10(3,4)7(2)12/h5,7H,12H2,1-4H3,(H,13,14,15). The highest BCUT2D eigenvalue weighted by Crippen LogP contribution is 2.18. The average Bonchev–Trinajstić information content (AvgIpc) is 2.12. The minimum Gasteiger partial charge on any atom is -0.361 e. The Morgan fingerprint density at radius 2 is 2.07 bits per heavy atom.